The molecule has 0 radical (unpaired) electrons. The van der Waals surface area contributed by atoms with Crippen molar-refractivity contribution < 1.29 is 4.39 Å². The number of thiazole rings is 1. The van der Waals surface area contributed by atoms with Crippen LogP contribution >= 0.6 is 50.2 Å². The number of alkyl halides is 1. The molecule has 9 heteroatoms. The van der Waals surface area contributed by atoms with E-state index in [1.807, 2.05) is 5.38 Å². The zero-order valence-electron chi connectivity index (χ0n) is 11.9. The second-order valence-corrected chi connectivity index (χ2v) is 8.17. The topological polar surface area (TPSA) is 63.8 Å². The molecule has 0 saturated carbocycles. The van der Waals surface area contributed by atoms with Crippen LogP contribution in [0.15, 0.2) is 22.1 Å². The van der Waals surface area contributed by atoms with E-state index in [0.717, 1.165) is 30.3 Å². The van der Waals surface area contributed by atoms with Gasteiger partial charge in [0.1, 0.15) is 16.8 Å². The Hall–Kier alpha value is -0.800. The molecular formula is C14H13BrClFN4S2. The lowest BCUT2D eigenvalue weighted by atomic mass is 10.2. The van der Waals surface area contributed by atoms with Gasteiger partial charge in [0.05, 0.1) is 26.9 Å². The van der Waals surface area contributed by atoms with Crippen molar-refractivity contribution in [2.75, 3.05) is 12.0 Å². The van der Waals surface area contributed by atoms with Crippen molar-refractivity contribution in [1.82, 2.24) is 9.97 Å². The van der Waals surface area contributed by atoms with Crippen LogP contribution in [0.5, 0.6) is 0 Å². The van der Waals surface area contributed by atoms with E-state index in [1.54, 1.807) is 34.9 Å². The van der Waals surface area contributed by atoms with Crippen LogP contribution in [-0.4, -0.2) is 22.7 Å². The van der Waals surface area contributed by atoms with Gasteiger partial charge >= 0.3 is 0 Å². The molecule has 23 heavy (non-hydrogen) atoms. The first-order chi connectivity index (χ1) is 11.1. The fraction of sp³-hybridized carbons (Fsp3) is 0.286. The average Bonchev–Trinajstić information content (AvgIpc) is 3.15. The third-order valence-corrected chi connectivity index (χ3v) is 6.50. The molecule has 0 amide bonds. The van der Waals surface area contributed by atoms with E-state index in [9.17, 15) is 4.39 Å². The Morgan fingerprint density at radius 3 is 3.00 bits per heavy atom. The highest BCUT2D eigenvalue weighted by atomic mass is 79.9. The van der Waals surface area contributed by atoms with Crippen LogP contribution in [0.4, 0.5) is 10.1 Å². The molecule has 0 aliphatic rings. The fourth-order valence-corrected chi connectivity index (χ4v) is 4.91. The van der Waals surface area contributed by atoms with Crippen molar-refractivity contribution in [1.29, 1.82) is 0 Å². The van der Waals surface area contributed by atoms with Gasteiger partial charge < -0.3 is 11.1 Å². The molecular weight excluding hydrogens is 423 g/mol. The van der Waals surface area contributed by atoms with Crippen molar-refractivity contribution in [3.63, 3.8) is 0 Å². The molecule has 3 aromatic heterocycles. The number of aromatic nitrogens is 2. The minimum absolute atomic E-state index is 0.402. The highest BCUT2D eigenvalue weighted by Gasteiger charge is 2.17. The molecule has 0 aromatic carbocycles. The summed E-state index contributed by atoms with van der Waals surface area (Å²) in [5.41, 5.74) is 7.39. The van der Waals surface area contributed by atoms with Crippen LogP contribution in [0.3, 0.4) is 0 Å². The molecule has 0 aliphatic carbocycles. The minimum Gasteiger partial charge on any atom is -0.377 e. The lowest BCUT2D eigenvalue weighted by Gasteiger charge is -2.06. The molecule has 0 saturated heterocycles. The summed E-state index contributed by atoms with van der Waals surface area (Å²) in [4.78, 5) is 9.60. The SMILES string of the molecule is N[C@H](CF)Cc1sc2c(NCc3nccs3)cc(Cl)nc2c1Br. The second kappa shape index (κ2) is 7.40. The number of pyridine rings is 1. The molecule has 0 bridgehead atoms. The van der Waals surface area contributed by atoms with E-state index < -0.39 is 12.7 Å². The summed E-state index contributed by atoms with van der Waals surface area (Å²) in [7, 11) is 0. The van der Waals surface area contributed by atoms with E-state index >= 15 is 0 Å². The summed E-state index contributed by atoms with van der Waals surface area (Å²) in [5.74, 6) is 0. The van der Waals surface area contributed by atoms with Gasteiger partial charge in [0.15, 0.2) is 0 Å². The van der Waals surface area contributed by atoms with Crippen molar-refractivity contribution in [3.8, 4) is 0 Å². The average molecular weight is 436 g/mol. The van der Waals surface area contributed by atoms with Gasteiger partial charge in [-0.15, -0.1) is 22.7 Å². The third-order valence-electron chi connectivity index (χ3n) is 3.18. The lowest BCUT2D eigenvalue weighted by molar-refractivity contribution is 0.428. The summed E-state index contributed by atoms with van der Waals surface area (Å²) in [6, 6.07) is 1.28. The number of halogens is 3. The number of fused-ring (bicyclic) bond motifs is 1. The number of nitrogens with one attached hydrogen (secondary N) is 1. The number of hydrogen-bond acceptors (Lipinski definition) is 6. The van der Waals surface area contributed by atoms with Crippen LogP contribution < -0.4 is 11.1 Å². The van der Waals surface area contributed by atoms with Crippen molar-refractivity contribution in [2.45, 2.75) is 19.0 Å². The van der Waals surface area contributed by atoms with Gasteiger partial charge in [0.2, 0.25) is 0 Å². The van der Waals surface area contributed by atoms with Crippen LogP contribution in [0.25, 0.3) is 10.2 Å². The Labute approximate surface area is 154 Å². The Morgan fingerprint density at radius 1 is 1.48 bits per heavy atom. The van der Waals surface area contributed by atoms with E-state index in [1.165, 1.54) is 0 Å². The predicted octanol–water partition coefficient (Wildman–Crippen LogP) is 4.62. The first-order valence-corrected chi connectivity index (χ1v) is 9.66. The zero-order valence-corrected chi connectivity index (χ0v) is 15.8. The molecule has 0 fully saturated rings. The van der Waals surface area contributed by atoms with Crippen LogP contribution in [0.2, 0.25) is 5.15 Å². The lowest BCUT2D eigenvalue weighted by Crippen LogP contribution is -2.24. The van der Waals surface area contributed by atoms with Gasteiger partial charge in [0.25, 0.3) is 0 Å². The van der Waals surface area contributed by atoms with Gasteiger partial charge in [-0.25, -0.2) is 14.4 Å². The van der Waals surface area contributed by atoms with E-state index in [0.29, 0.717) is 18.1 Å². The molecule has 0 spiro atoms. The number of anilines is 1. The van der Waals surface area contributed by atoms with Crippen LogP contribution in [0, 0.1) is 0 Å². The van der Waals surface area contributed by atoms with E-state index in [4.69, 9.17) is 17.3 Å². The van der Waals surface area contributed by atoms with E-state index in [2.05, 4.69) is 31.2 Å². The van der Waals surface area contributed by atoms with Gasteiger partial charge in [-0.1, -0.05) is 11.6 Å². The molecule has 3 rings (SSSR count). The Balaban J connectivity index is 1.95. The van der Waals surface area contributed by atoms with Gasteiger partial charge in [0, 0.05) is 35.0 Å². The largest absolute Gasteiger partial charge is 0.377 e. The van der Waals surface area contributed by atoms with Crippen molar-refractivity contribution in [3.05, 3.63) is 37.2 Å². The predicted molar refractivity (Wildman–Crippen MR) is 99.4 cm³/mol. The number of hydrogen-bond donors (Lipinski definition) is 2. The summed E-state index contributed by atoms with van der Waals surface area (Å²) in [5, 5.41) is 6.67. The molecule has 1 atom stereocenters. The van der Waals surface area contributed by atoms with Crippen LogP contribution in [0.1, 0.15) is 9.88 Å². The summed E-state index contributed by atoms with van der Waals surface area (Å²) < 4.78 is 14.5. The number of nitrogens with zero attached hydrogens (tertiary/aromatic N) is 2. The molecule has 0 unspecified atom stereocenters. The first-order valence-electron chi connectivity index (χ1n) is 6.79. The highest BCUT2D eigenvalue weighted by Crippen LogP contribution is 2.40. The summed E-state index contributed by atoms with van der Waals surface area (Å²) in [6.07, 6.45) is 2.23. The highest BCUT2D eigenvalue weighted by molar-refractivity contribution is 9.10. The molecule has 3 aromatic rings. The van der Waals surface area contributed by atoms with Gasteiger partial charge in [-0.05, 0) is 15.9 Å². The Kier molecular flexibility index (Phi) is 5.48. The maximum Gasteiger partial charge on any atom is 0.131 e. The maximum atomic E-state index is 12.7. The normalized spacial score (nSPS) is 12.7. The second-order valence-electron chi connectivity index (χ2n) is 4.91. The number of rotatable bonds is 6. The quantitative estimate of drug-likeness (QED) is 0.555. The molecule has 3 heterocycles. The number of nitrogens with two attached hydrogens (primary N) is 1. The zero-order chi connectivity index (χ0) is 16.4. The van der Waals surface area contributed by atoms with Gasteiger partial charge in [-0.3, -0.25) is 0 Å². The summed E-state index contributed by atoms with van der Waals surface area (Å²) >= 11 is 12.8. The van der Waals surface area contributed by atoms with Crippen molar-refractivity contribution in [2.24, 2.45) is 5.73 Å². The maximum absolute atomic E-state index is 12.7. The van der Waals surface area contributed by atoms with Gasteiger partial charge in [-0.2, -0.15) is 0 Å². The number of thiophene rings is 1. The van der Waals surface area contributed by atoms with Crippen molar-refractivity contribution >= 4 is 66.1 Å². The standard InChI is InChI=1S/C14H13BrClFN4S2/c15-12-9(3-7(18)5-17)23-14-8(4-10(16)21-13(12)14)20-6-11-19-1-2-22-11/h1-2,4,7H,3,5-6,18H2,(H,20,21)/t7-/m0/s1. The molecule has 122 valence electrons. The van der Waals surface area contributed by atoms with E-state index in [-0.39, 0.29) is 0 Å². The molecule has 3 N–H and O–H groups in total. The molecule has 0 aliphatic heterocycles. The Bertz CT molecular complexity index is 809. The Morgan fingerprint density at radius 2 is 2.30 bits per heavy atom. The monoisotopic (exact) mass is 434 g/mol. The third kappa shape index (κ3) is 3.83. The molecule has 4 nitrogen and oxygen atoms in total. The summed E-state index contributed by atoms with van der Waals surface area (Å²) in [6.45, 7) is 0.0615. The van der Waals surface area contributed by atoms with Crippen LogP contribution in [-0.2, 0) is 13.0 Å². The smallest absolute Gasteiger partial charge is 0.131 e. The fourth-order valence-electron chi connectivity index (χ4n) is 2.12. The minimum atomic E-state index is -0.552. The first kappa shape index (κ1) is 17.0.